The van der Waals surface area contributed by atoms with Crippen molar-refractivity contribution in [2.24, 2.45) is 0 Å². The molecule has 4 nitrogen and oxygen atoms in total. The van der Waals surface area contributed by atoms with Gasteiger partial charge in [0.25, 0.3) is 0 Å². The Hall–Kier alpha value is -2.07. The molecule has 5 heteroatoms. The van der Waals surface area contributed by atoms with E-state index >= 15 is 0 Å². The van der Waals surface area contributed by atoms with E-state index in [-0.39, 0.29) is 6.09 Å². The predicted octanol–water partition coefficient (Wildman–Crippen LogP) is 4.05. The maximum absolute atomic E-state index is 11.8. The molecule has 0 N–H and O–H groups in total. The standard InChI is InChI=1S/C17H17ClN2O2/c1-12-15(11-20-6-3-7-22-17(20)21)8-14(10-19-12)13-4-2-5-16(18)9-13/h2,4-5,8-10H,3,6-7,11H2,1H3. The number of carbonyl (C=O) groups excluding carboxylic acids is 1. The van der Waals surface area contributed by atoms with Gasteiger partial charge >= 0.3 is 6.09 Å². The summed E-state index contributed by atoms with van der Waals surface area (Å²) in [6.07, 6.45) is 2.45. The minimum Gasteiger partial charge on any atom is -0.449 e. The molecule has 0 bridgehead atoms. The first kappa shape index (κ1) is 14.9. The lowest BCUT2D eigenvalue weighted by molar-refractivity contribution is 0.0699. The van der Waals surface area contributed by atoms with Gasteiger partial charge in [-0.25, -0.2) is 4.79 Å². The van der Waals surface area contributed by atoms with Crippen LogP contribution in [0, 0.1) is 6.92 Å². The highest BCUT2D eigenvalue weighted by atomic mass is 35.5. The first-order chi connectivity index (χ1) is 10.6. The molecule has 1 amide bonds. The van der Waals surface area contributed by atoms with Crippen molar-refractivity contribution in [1.29, 1.82) is 0 Å². The Balaban J connectivity index is 1.88. The maximum atomic E-state index is 11.8. The van der Waals surface area contributed by atoms with Gasteiger partial charge in [0.1, 0.15) is 0 Å². The van der Waals surface area contributed by atoms with Crippen LogP contribution in [0.2, 0.25) is 5.02 Å². The summed E-state index contributed by atoms with van der Waals surface area (Å²) in [5.74, 6) is 0. The van der Waals surface area contributed by atoms with Crippen LogP contribution in [0.15, 0.2) is 36.5 Å². The van der Waals surface area contributed by atoms with Gasteiger partial charge in [-0.3, -0.25) is 4.98 Å². The van der Waals surface area contributed by atoms with Crippen LogP contribution in [-0.2, 0) is 11.3 Å². The highest BCUT2D eigenvalue weighted by Gasteiger charge is 2.20. The van der Waals surface area contributed by atoms with Crippen molar-refractivity contribution in [3.63, 3.8) is 0 Å². The molecular formula is C17H17ClN2O2. The Labute approximate surface area is 134 Å². The number of hydrogen-bond acceptors (Lipinski definition) is 3. The second kappa shape index (κ2) is 6.36. The fourth-order valence-corrected chi connectivity index (χ4v) is 2.70. The largest absolute Gasteiger partial charge is 0.449 e. The summed E-state index contributed by atoms with van der Waals surface area (Å²) in [5, 5.41) is 0.694. The molecule has 1 aliphatic rings. The van der Waals surface area contributed by atoms with E-state index in [9.17, 15) is 4.79 Å². The average Bonchev–Trinajstić information content (AvgIpc) is 2.51. The van der Waals surface area contributed by atoms with Gasteiger partial charge in [-0.15, -0.1) is 0 Å². The third-order valence-corrected chi connectivity index (χ3v) is 4.00. The lowest BCUT2D eigenvalue weighted by atomic mass is 10.0. The number of aromatic nitrogens is 1. The summed E-state index contributed by atoms with van der Waals surface area (Å²) in [5.41, 5.74) is 3.96. The molecule has 22 heavy (non-hydrogen) atoms. The van der Waals surface area contributed by atoms with Crippen molar-refractivity contribution >= 4 is 17.7 Å². The number of carbonyl (C=O) groups is 1. The number of nitrogens with zero attached hydrogens (tertiary/aromatic N) is 2. The first-order valence-corrected chi connectivity index (χ1v) is 7.64. The van der Waals surface area contributed by atoms with Crippen molar-refractivity contribution in [1.82, 2.24) is 9.88 Å². The predicted molar refractivity (Wildman–Crippen MR) is 85.8 cm³/mol. The summed E-state index contributed by atoms with van der Waals surface area (Å²) in [6.45, 7) is 3.70. The fraction of sp³-hybridized carbons (Fsp3) is 0.294. The molecular weight excluding hydrogens is 300 g/mol. The van der Waals surface area contributed by atoms with Crippen molar-refractivity contribution in [2.75, 3.05) is 13.2 Å². The second-order valence-corrected chi connectivity index (χ2v) is 5.80. The number of ether oxygens (including phenoxy) is 1. The minimum atomic E-state index is -0.251. The summed E-state index contributed by atoms with van der Waals surface area (Å²) in [7, 11) is 0. The molecule has 1 aromatic heterocycles. The topological polar surface area (TPSA) is 42.4 Å². The van der Waals surface area contributed by atoms with Crippen molar-refractivity contribution in [3.8, 4) is 11.1 Å². The van der Waals surface area contributed by atoms with E-state index < -0.39 is 0 Å². The quantitative estimate of drug-likeness (QED) is 0.857. The smallest absolute Gasteiger partial charge is 0.410 e. The zero-order valence-corrected chi connectivity index (χ0v) is 13.1. The molecule has 3 rings (SSSR count). The fourth-order valence-electron chi connectivity index (χ4n) is 2.51. The average molecular weight is 317 g/mol. The lowest BCUT2D eigenvalue weighted by Crippen LogP contribution is -2.37. The van der Waals surface area contributed by atoms with E-state index in [1.807, 2.05) is 37.4 Å². The van der Waals surface area contributed by atoms with Gasteiger partial charge in [0.15, 0.2) is 0 Å². The van der Waals surface area contributed by atoms with Gasteiger partial charge in [-0.1, -0.05) is 23.7 Å². The Morgan fingerprint density at radius 1 is 1.32 bits per heavy atom. The number of cyclic esters (lactones) is 1. The summed E-state index contributed by atoms with van der Waals surface area (Å²) >= 11 is 6.05. The van der Waals surface area contributed by atoms with Crippen LogP contribution in [0.1, 0.15) is 17.7 Å². The van der Waals surface area contributed by atoms with Crippen molar-refractivity contribution in [2.45, 2.75) is 19.9 Å². The van der Waals surface area contributed by atoms with Gasteiger partial charge in [0, 0.05) is 29.0 Å². The Kier molecular flexibility index (Phi) is 4.29. The molecule has 0 saturated carbocycles. The molecule has 1 fully saturated rings. The highest BCUT2D eigenvalue weighted by molar-refractivity contribution is 6.30. The Morgan fingerprint density at radius 3 is 2.95 bits per heavy atom. The Morgan fingerprint density at radius 2 is 2.18 bits per heavy atom. The zero-order valence-electron chi connectivity index (χ0n) is 12.4. The van der Waals surface area contributed by atoms with Crippen LogP contribution in [0.3, 0.4) is 0 Å². The van der Waals surface area contributed by atoms with Crippen LogP contribution in [0.4, 0.5) is 4.79 Å². The normalized spacial score (nSPS) is 14.8. The second-order valence-electron chi connectivity index (χ2n) is 5.37. The number of halogens is 1. The lowest BCUT2D eigenvalue weighted by Gasteiger charge is -2.26. The molecule has 1 aromatic carbocycles. The van der Waals surface area contributed by atoms with Crippen LogP contribution < -0.4 is 0 Å². The Bertz CT molecular complexity index is 703. The third-order valence-electron chi connectivity index (χ3n) is 3.77. The summed E-state index contributed by atoms with van der Waals surface area (Å²) < 4.78 is 5.08. The molecule has 0 radical (unpaired) electrons. The van der Waals surface area contributed by atoms with Crippen molar-refractivity contribution in [3.05, 3.63) is 52.8 Å². The molecule has 114 valence electrons. The van der Waals surface area contributed by atoms with E-state index in [4.69, 9.17) is 16.3 Å². The van der Waals surface area contributed by atoms with E-state index in [1.165, 1.54) is 0 Å². The van der Waals surface area contributed by atoms with Gasteiger partial charge in [-0.2, -0.15) is 0 Å². The highest BCUT2D eigenvalue weighted by Crippen LogP contribution is 2.24. The number of benzene rings is 1. The van der Waals surface area contributed by atoms with Gasteiger partial charge < -0.3 is 9.64 Å². The number of amides is 1. The number of pyridine rings is 1. The summed E-state index contributed by atoms with van der Waals surface area (Å²) in [4.78, 5) is 17.9. The van der Waals surface area contributed by atoms with Crippen LogP contribution in [0.25, 0.3) is 11.1 Å². The number of aryl methyl sites for hydroxylation is 1. The summed E-state index contributed by atoms with van der Waals surface area (Å²) in [6, 6.07) is 9.73. The van der Waals surface area contributed by atoms with Gasteiger partial charge in [0.2, 0.25) is 0 Å². The number of hydrogen-bond donors (Lipinski definition) is 0. The maximum Gasteiger partial charge on any atom is 0.410 e. The van der Waals surface area contributed by atoms with Gasteiger partial charge in [-0.05, 0) is 42.7 Å². The van der Waals surface area contributed by atoms with Crippen LogP contribution >= 0.6 is 11.6 Å². The van der Waals surface area contributed by atoms with E-state index in [1.54, 1.807) is 4.90 Å². The molecule has 0 atom stereocenters. The first-order valence-electron chi connectivity index (χ1n) is 7.26. The molecule has 0 spiro atoms. The monoisotopic (exact) mass is 316 g/mol. The number of rotatable bonds is 3. The molecule has 1 aliphatic heterocycles. The molecule has 2 aromatic rings. The molecule has 1 saturated heterocycles. The van der Waals surface area contributed by atoms with Crippen LogP contribution in [0.5, 0.6) is 0 Å². The van der Waals surface area contributed by atoms with E-state index in [0.717, 1.165) is 35.3 Å². The molecule has 0 aliphatic carbocycles. The SMILES string of the molecule is Cc1ncc(-c2cccc(Cl)c2)cc1CN1CCCOC1=O. The minimum absolute atomic E-state index is 0.251. The van der Waals surface area contributed by atoms with Crippen molar-refractivity contribution < 1.29 is 9.53 Å². The molecule has 2 heterocycles. The van der Waals surface area contributed by atoms with Crippen LogP contribution in [-0.4, -0.2) is 29.1 Å². The van der Waals surface area contributed by atoms with E-state index in [0.29, 0.717) is 18.2 Å². The molecule has 0 unspecified atom stereocenters. The zero-order chi connectivity index (χ0) is 15.5. The third kappa shape index (κ3) is 3.22. The van der Waals surface area contributed by atoms with E-state index in [2.05, 4.69) is 11.1 Å². The van der Waals surface area contributed by atoms with Gasteiger partial charge in [0.05, 0.1) is 13.2 Å².